The van der Waals surface area contributed by atoms with E-state index >= 15 is 0 Å². The Labute approximate surface area is 144 Å². The summed E-state index contributed by atoms with van der Waals surface area (Å²) in [5, 5.41) is 4.26. The molecule has 1 aliphatic rings. The summed E-state index contributed by atoms with van der Waals surface area (Å²) in [5.74, 6) is 0.559. The number of carbonyl (C=O) groups excluding carboxylic acids is 1. The summed E-state index contributed by atoms with van der Waals surface area (Å²) in [6.45, 7) is 8.61. The highest BCUT2D eigenvalue weighted by Crippen LogP contribution is 2.29. The molecule has 1 saturated heterocycles. The molecule has 4 nitrogen and oxygen atoms in total. The number of aryl methyl sites for hydroxylation is 1. The van der Waals surface area contributed by atoms with Gasteiger partial charge in [0.25, 0.3) is 0 Å². The molecule has 1 N–H and O–H groups in total. The van der Waals surface area contributed by atoms with Crippen LogP contribution in [0.1, 0.15) is 49.3 Å². The largest absolute Gasteiger partial charge is 0.464 e. The fraction of sp³-hybridized carbons (Fsp3) is 0.550. The number of benzene rings is 1. The van der Waals surface area contributed by atoms with Crippen LogP contribution in [0.2, 0.25) is 0 Å². The van der Waals surface area contributed by atoms with E-state index in [1.165, 1.54) is 11.1 Å². The summed E-state index contributed by atoms with van der Waals surface area (Å²) >= 11 is 0. The highest BCUT2D eigenvalue weighted by Gasteiger charge is 2.20. The third-order valence-corrected chi connectivity index (χ3v) is 5.10. The van der Waals surface area contributed by atoms with Crippen LogP contribution in [0.3, 0.4) is 0 Å². The van der Waals surface area contributed by atoms with Crippen LogP contribution in [-0.4, -0.2) is 37.0 Å². The number of nitrogens with zero attached hydrogens (tertiary/aromatic N) is 1. The third kappa shape index (κ3) is 3.64. The van der Waals surface area contributed by atoms with Crippen LogP contribution in [0.25, 0.3) is 11.0 Å². The highest BCUT2D eigenvalue weighted by atomic mass is 16.3. The maximum absolute atomic E-state index is 12.4. The van der Waals surface area contributed by atoms with Gasteiger partial charge < -0.3 is 14.6 Å². The van der Waals surface area contributed by atoms with Crippen molar-refractivity contribution in [3.05, 3.63) is 35.1 Å². The Morgan fingerprint density at radius 2 is 2.04 bits per heavy atom. The molecule has 0 aliphatic carbocycles. The number of hydrogen-bond donors (Lipinski definition) is 1. The molecule has 24 heavy (non-hydrogen) atoms. The molecule has 1 amide bonds. The number of piperidine rings is 1. The Kier molecular flexibility index (Phi) is 4.95. The van der Waals surface area contributed by atoms with Gasteiger partial charge in [0.1, 0.15) is 5.58 Å². The molecule has 130 valence electrons. The summed E-state index contributed by atoms with van der Waals surface area (Å²) in [6, 6.07) is 4.58. The number of nitrogens with one attached hydrogen (secondary N) is 1. The molecule has 0 radical (unpaired) electrons. The number of likely N-dealkylation sites (tertiary alicyclic amines) is 1. The summed E-state index contributed by atoms with van der Waals surface area (Å²) in [5.41, 5.74) is 4.42. The first-order valence-corrected chi connectivity index (χ1v) is 8.92. The molecule has 0 atom stereocenters. The van der Waals surface area contributed by atoms with Crippen molar-refractivity contribution in [3.8, 4) is 0 Å². The molecule has 2 heterocycles. The summed E-state index contributed by atoms with van der Waals surface area (Å²) in [4.78, 5) is 14.7. The maximum Gasteiger partial charge on any atom is 0.224 e. The number of hydrogen-bond acceptors (Lipinski definition) is 3. The first kappa shape index (κ1) is 17.0. The molecule has 4 heteroatoms. The van der Waals surface area contributed by atoms with E-state index in [4.69, 9.17) is 4.42 Å². The van der Waals surface area contributed by atoms with Gasteiger partial charge in [0.2, 0.25) is 5.91 Å². The minimum absolute atomic E-state index is 0.0962. The number of amides is 1. The second-order valence-electron chi connectivity index (χ2n) is 7.44. The predicted octanol–water partition coefficient (Wildman–Crippen LogP) is 3.62. The SMILES string of the molecule is Cc1cc2occ(CC(=O)NC3CCN(C)CC3)c2cc1C(C)C. The summed E-state index contributed by atoms with van der Waals surface area (Å²) in [7, 11) is 2.13. The van der Waals surface area contributed by atoms with E-state index in [0.717, 1.165) is 42.5 Å². The molecule has 0 saturated carbocycles. The monoisotopic (exact) mass is 328 g/mol. The van der Waals surface area contributed by atoms with Crippen molar-refractivity contribution in [1.82, 2.24) is 10.2 Å². The third-order valence-electron chi connectivity index (χ3n) is 5.10. The zero-order valence-corrected chi connectivity index (χ0v) is 15.2. The van der Waals surface area contributed by atoms with Crippen molar-refractivity contribution < 1.29 is 9.21 Å². The minimum Gasteiger partial charge on any atom is -0.464 e. The second kappa shape index (κ2) is 6.98. The van der Waals surface area contributed by atoms with Gasteiger partial charge in [-0.2, -0.15) is 0 Å². The predicted molar refractivity (Wildman–Crippen MR) is 97.4 cm³/mol. The van der Waals surface area contributed by atoms with Crippen LogP contribution in [0.4, 0.5) is 0 Å². The zero-order valence-electron chi connectivity index (χ0n) is 15.2. The highest BCUT2D eigenvalue weighted by molar-refractivity contribution is 5.88. The Balaban J connectivity index is 1.72. The lowest BCUT2D eigenvalue weighted by atomic mass is 9.95. The van der Waals surface area contributed by atoms with Crippen LogP contribution >= 0.6 is 0 Å². The first-order chi connectivity index (χ1) is 11.4. The number of furan rings is 1. The topological polar surface area (TPSA) is 45.5 Å². The summed E-state index contributed by atoms with van der Waals surface area (Å²) < 4.78 is 5.68. The zero-order chi connectivity index (χ0) is 17.3. The molecule has 1 aliphatic heterocycles. The molecule has 1 fully saturated rings. The van der Waals surface area contributed by atoms with E-state index in [1.54, 1.807) is 6.26 Å². The normalized spacial score (nSPS) is 16.9. The van der Waals surface area contributed by atoms with Gasteiger partial charge in [-0.05, 0) is 69.1 Å². The van der Waals surface area contributed by atoms with Crippen molar-refractivity contribution in [2.24, 2.45) is 0 Å². The lowest BCUT2D eigenvalue weighted by molar-refractivity contribution is -0.121. The van der Waals surface area contributed by atoms with Gasteiger partial charge in [0.15, 0.2) is 0 Å². The second-order valence-corrected chi connectivity index (χ2v) is 7.44. The van der Waals surface area contributed by atoms with Crippen LogP contribution in [0.5, 0.6) is 0 Å². The van der Waals surface area contributed by atoms with Crippen molar-refractivity contribution in [3.63, 3.8) is 0 Å². The molecule has 0 bridgehead atoms. The van der Waals surface area contributed by atoms with Gasteiger partial charge in [-0.3, -0.25) is 4.79 Å². The average molecular weight is 328 g/mol. The fourth-order valence-corrected chi connectivity index (χ4v) is 3.61. The first-order valence-electron chi connectivity index (χ1n) is 8.92. The lowest BCUT2D eigenvalue weighted by Gasteiger charge is -2.29. The minimum atomic E-state index is 0.0962. The van der Waals surface area contributed by atoms with Gasteiger partial charge in [-0.15, -0.1) is 0 Å². The van der Waals surface area contributed by atoms with Crippen LogP contribution in [-0.2, 0) is 11.2 Å². The van der Waals surface area contributed by atoms with Crippen molar-refractivity contribution in [2.75, 3.05) is 20.1 Å². The van der Waals surface area contributed by atoms with Crippen LogP contribution < -0.4 is 5.32 Å². The van der Waals surface area contributed by atoms with E-state index in [9.17, 15) is 4.79 Å². The Hall–Kier alpha value is -1.81. The van der Waals surface area contributed by atoms with E-state index in [0.29, 0.717) is 18.4 Å². The molecular formula is C20H28N2O2. The van der Waals surface area contributed by atoms with Crippen LogP contribution in [0, 0.1) is 6.92 Å². The number of fused-ring (bicyclic) bond motifs is 1. The van der Waals surface area contributed by atoms with E-state index in [1.807, 2.05) is 0 Å². The smallest absolute Gasteiger partial charge is 0.224 e. The molecule has 3 rings (SSSR count). The van der Waals surface area contributed by atoms with E-state index in [-0.39, 0.29) is 5.91 Å². The van der Waals surface area contributed by atoms with E-state index in [2.05, 4.69) is 50.2 Å². The van der Waals surface area contributed by atoms with Gasteiger partial charge in [0, 0.05) is 17.0 Å². The Morgan fingerprint density at radius 1 is 1.33 bits per heavy atom. The summed E-state index contributed by atoms with van der Waals surface area (Å²) in [6.07, 6.45) is 4.19. The molecule has 0 unspecified atom stereocenters. The van der Waals surface area contributed by atoms with Gasteiger partial charge in [-0.1, -0.05) is 13.8 Å². The molecule has 2 aromatic rings. The quantitative estimate of drug-likeness (QED) is 0.932. The number of rotatable bonds is 4. The Bertz CT molecular complexity index is 725. The average Bonchev–Trinajstić information content (AvgIpc) is 2.90. The standard InChI is InChI=1S/C20H28N2O2/c1-13(2)17-11-18-15(12-24-19(18)9-14(17)3)10-20(23)21-16-5-7-22(4)8-6-16/h9,11-13,16H,5-8,10H2,1-4H3,(H,21,23). The Morgan fingerprint density at radius 3 is 2.71 bits per heavy atom. The molecule has 0 spiro atoms. The van der Waals surface area contributed by atoms with Crippen molar-refractivity contribution in [1.29, 1.82) is 0 Å². The number of carbonyl (C=O) groups is 1. The fourth-order valence-electron chi connectivity index (χ4n) is 3.61. The van der Waals surface area contributed by atoms with Crippen LogP contribution in [0.15, 0.2) is 22.8 Å². The molecule has 1 aromatic carbocycles. The van der Waals surface area contributed by atoms with Gasteiger partial charge in [-0.25, -0.2) is 0 Å². The van der Waals surface area contributed by atoms with Crippen molar-refractivity contribution >= 4 is 16.9 Å². The van der Waals surface area contributed by atoms with Gasteiger partial charge in [0.05, 0.1) is 12.7 Å². The van der Waals surface area contributed by atoms with E-state index < -0.39 is 0 Å². The maximum atomic E-state index is 12.4. The lowest BCUT2D eigenvalue weighted by Crippen LogP contribution is -2.43. The van der Waals surface area contributed by atoms with Gasteiger partial charge >= 0.3 is 0 Å². The molecule has 1 aromatic heterocycles. The molecular weight excluding hydrogens is 300 g/mol. The van der Waals surface area contributed by atoms with Crippen molar-refractivity contribution in [2.45, 2.75) is 52.0 Å².